The normalized spacial score (nSPS) is 17.6. The fourth-order valence-corrected chi connectivity index (χ4v) is 4.72. The summed E-state index contributed by atoms with van der Waals surface area (Å²) in [4.78, 5) is 51.3. The minimum Gasteiger partial charge on any atom is -0.334 e. The van der Waals surface area contributed by atoms with Gasteiger partial charge in [0.15, 0.2) is 0 Å². The van der Waals surface area contributed by atoms with E-state index in [9.17, 15) is 19.2 Å². The van der Waals surface area contributed by atoms with E-state index < -0.39 is 18.0 Å². The lowest BCUT2D eigenvalue weighted by atomic mass is 10.0. The number of fused-ring (bicyclic) bond motifs is 3. The van der Waals surface area contributed by atoms with Crippen molar-refractivity contribution in [2.75, 3.05) is 5.32 Å². The molecule has 1 atom stereocenters. The van der Waals surface area contributed by atoms with Crippen molar-refractivity contribution in [3.05, 3.63) is 64.3 Å². The molecule has 5 rings (SSSR count). The van der Waals surface area contributed by atoms with Gasteiger partial charge in [-0.3, -0.25) is 19.5 Å². The zero-order valence-electron chi connectivity index (χ0n) is 18.4. The highest BCUT2D eigenvalue weighted by Crippen LogP contribution is 2.34. The van der Waals surface area contributed by atoms with E-state index in [-0.39, 0.29) is 37.9 Å². The predicted molar refractivity (Wildman–Crippen MR) is 126 cm³/mol. The molecule has 0 radical (unpaired) electrons. The van der Waals surface area contributed by atoms with Gasteiger partial charge in [-0.2, -0.15) is 0 Å². The van der Waals surface area contributed by atoms with Crippen LogP contribution in [0.5, 0.6) is 0 Å². The van der Waals surface area contributed by atoms with Crippen molar-refractivity contribution in [3.63, 3.8) is 0 Å². The smallest absolute Gasteiger partial charge is 0.329 e. The summed E-state index contributed by atoms with van der Waals surface area (Å²) in [6.45, 7) is 2.28. The minimum atomic E-state index is -0.709. The number of amides is 5. The third kappa shape index (κ3) is 3.77. The van der Waals surface area contributed by atoms with Crippen LogP contribution in [-0.4, -0.2) is 39.4 Å². The molecule has 2 aliphatic rings. The molecule has 1 saturated heterocycles. The lowest BCUT2D eigenvalue weighted by Crippen LogP contribution is -2.52. The molecular formula is C24H22ClN5O4. The number of imide groups is 1. The topological polar surface area (TPSA) is 113 Å². The SMILES string of the molecule is Cc1ccc(NC(=O)NCc2c3n(c4ccccc24)C(=O)N(C2CCC(=O)NC2=O)C3)cc1Cl. The lowest BCUT2D eigenvalue weighted by molar-refractivity contribution is -0.136. The van der Waals surface area contributed by atoms with Crippen molar-refractivity contribution in [1.29, 1.82) is 0 Å². The number of hydrogen-bond donors (Lipinski definition) is 3. The first kappa shape index (κ1) is 22.0. The Balaban J connectivity index is 1.39. The second kappa shape index (κ2) is 8.49. The summed E-state index contributed by atoms with van der Waals surface area (Å²) in [6, 6.07) is 11.3. The third-order valence-electron chi connectivity index (χ3n) is 6.29. The molecule has 10 heteroatoms. The number of aromatic nitrogens is 1. The maximum Gasteiger partial charge on any atom is 0.329 e. The van der Waals surface area contributed by atoms with Crippen LogP contribution in [0.1, 0.15) is 29.7 Å². The van der Waals surface area contributed by atoms with Crippen LogP contribution in [0.4, 0.5) is 15.3 Å². The fraction of sp³-hybridized carbons (Fsp3) is 0.250. The van der Waals surface area contributed by atoms with Crippen LogP contribution in [0.2, 0.25) is 5.02 Å². The molecule has 0 bridgehead atoms. The average molecular weight is 480 g/mol. The van der Waals surface area contributed by atoms with E-state index in [0.717, 1.165) is 22.2 Å². The quantitative estimate of drug-likeness (QED) is 0.497. The van der Waals surface area contributed by atoms with E-state index in [1.807, 2.05) is 37.3 Å². The van der Waals surface area contributed by atoms with Crippen LogP contribution < -0.4 is 16.0 Å². The summed E-state index contributed by atoms with van der Waals surface area (Å²) in [6.07, 6.45) is 0.474. The van der Waals surface area contributed by atoms with E-state index in [1.54, 1.807) is 16.7 Å². The summed E-state index contributed by atoms with van der Waals surface area (Å²) < 4.78 is 1.59. The Morgan fingerprint density at radius 1 is 1.18 bits per heavy atom. The number of aryl methyl sites for hydroxylation is 1. The van der Waals surface area contributed by atoms with Gasteiger partial charge < -0.3 is 15.5 Å². The number of para-hydroxylation sites is 1. The first-order chi connectivity index (χ1) is 16.3. The average Bonchev–Trinajstić information content (AvgIpc) is 3.29. The summed E-state index contributed by atoms with van der Waals surface area (Å²) in [5.41, 5.74) is 3.71. The van der Waals surface area contributed by atoms with Gasteiger partial charge in [0.05, 0.1) is 17.8 Å². The first-order valence-electron chi connectivity index (χ1n) is 10.9. The molecule has 3 heterocycles. The second-order valence-corrected chi connectivity index (χ2v) is 8.83. The van der Waals surface area contributed by atoms with Crippen LogP contribution in [0.15, 0.2) is 42.5 Å². The van der Waals surface area contributed by atoms with Gasteiger partial charge in [-0.1, -0.05) is 35.9 Å². The molecule has 1 aromatic heterocycles. The molecule has 3 N–H and O–H groups in total. The van der Waals surface area contributed by atoms with E-state index in [4.69, 9.17) is 11.6 Å². The van der Waals surface area contributed by atoms with Crippen molar-refractivity contribution in [2.24, 2.45) is 0 Å². The first-order valence-corrected chi connectivity index (χ1v) is 11.3. The summed E-state index contributed by atoms with van der Waals surface area (Å²) in [5.74, 6) is -0.792. The highest BCUT2D eigenvalue weighted by molar-refractivity contribution is 6.31. The Morgan fingerprint density at radius 3 is 2.74 bits per heavy atom. The van der Waals surface area contributed by atoms with Crippen LogP contribution in [-0.2, 0) is 22.7 Å². The number of piperidine rings is 1. The molecule has 0 saturated carbocycles. The minimum absolute atomic E-state index is 0.185. The Labute approximate surface area is 200 Å². The van der Waals surface area contributed by atoms with Crippen LogP contribution in [0.25, 0.3) is 10.9 Å². The highest BCUT2D eigenvalue weighted by Gasteiger charge is 2.41. The number of nitrogens with zero attached hydrogens (tertiary/aromatic N) is 2. The number of hydrogen-bond acceptors (Lipinski definition) is 4. The number of rotatable bonds is 4. The van der Waals surface area contributed by atoms with Gasteiger partial charge in [0.2, 0.25) is 11.8 Å². The largest absolute Gasteiger partial charge is 0.334 e. The molecule has 5 amide bonds. The van der Waals surface area contributed by atoms with Gasteiger partial charge in [0, 0.05) is 34.6 Å². The highest BCUT2D eigenvalue weighted by atomic mass is 35.5. The second-order valence-electron chi connectivity index (χ2n) is 8.43. The Morgan fingerprint density at radius 2 is 1.97 bits per heavy atom. The Hall–Kier alpha value is -3.85. The molecule has 1 unspecified atom stereocenters. The Kier molecular flexibility index (Phi) is 5.49. The molecule has 174 valence electrons. The van der Waals surface area contributed by atoms with Crippen LogP contribution >= 0.6 is 11.6 Å². The number of urea groups is 1. The van der Waals surface area contributed by atoms with Gasteiger partial charge in [0.25, 0.3) is 0 Å². The number of nitrogens with one attached hydrogen (secondary N) is 3. The van der Waals surface area contributed by atoms with Crippen molar-refractivity contribution in [1.82, 2.24) is 20.1 Å². The fourth-order valence-electron chi connectivity index (χ4n) is 4.54. The van der Waals surface area contributed by atoms with E-state index in [0.29, 0.717) is 16.2 Å². The maximum atomic E-state index is 13.3. The van der Waals surface area contributed by atoms with Crippen LogP contribution in [0, 0.1) is 6.92 Å². The number of anilines is 1. The molecule has 3 aromatic rings. The lowest BCUT2D eigenvalue weighted by Gasteiger charge is -2.29. The number of halogens is 1. The van der Waals surface area contributed by atoms with Crippen LogP contribution in [0.3, 0.4) is 0 Å². The summed E-state index contributed by atoms with van der Waals surface area (Å²) in [7, 11) is 0. The van der Waals surface area contributed by atoms with Crippen molar-refractivity contribution in [2.45, 2.75) is 38.9 Å². The molecule has 0 spiro atoms. The van der Waals surface area contributed by atoms with Crippen molar-refractivity contribution < 1.29 is 19.2 Å². The number of carbonyl (C=O) groups excluding carboxylic acids is 4. The number of carbonyl (C=O) groups is 4. The molecule has 2 aromatic carbocycles. The van der Waals surface area contributed by atoms with Crippen molar-refractivity contribution in [3.8, 4) is 0 Å². The molecule has 0 aliphatic carbocycles. The Bertz CT molecular complexity index is 1360. The van der Waals surface area contributed by atoms with Gasteiger partial charge in [-0.15, -0.1) is 0 Å². The number of benzene rings is 2. The van der Waals surface area contributed by atoms with E-state index in [2.05, 4.69) is 16.0 Å². The van der Waals surface area contributed by atoms with Crippen molar-refractivity contribution >= 4 is 52.1 Å². The molecule has 34 heavy (non-hydrogen) atoms. The summed E-state index contributed by atoms with van der Waals surface area (Å²) >= 11 is 6.14. The van der Waals surface area contributed by atoms with Gasteiger partial charge in [0.1, 0.15) is 6.04 Å². The van der Waals surface area contributed by atoms with Gasteiger partial charge in [-0.25, -0.2) is 9.59 Å². The molecule has 1 fully saturated rings. The monoisotopic (exact) mass is 479 g/mol. The zero-order chi connectivity index (χ0) is 24.0. The zero-order valence-corrected chi connectivity index (χ0v) is 19.1. The van der Waals surface area contributed by atoms with E-state index in [1.165, 1.54) is 4.90 Å². The third-order valence-corrected chi connectivity index (χ3v) is 6.69. The predicted octanol–water partition coefficient (Wildman–Crippen LogP) is 3.51. The van der Waals surface area contributed by atoms with Gasteiger partial charge >= 0.3 is 12.1 Å². The standard InChI is InChI=1S/C24H22ClN5O4/c1-13-6-7-14(10-17(13)25)27-23(33)26-11-16-15-4-2-3-5-18(15)30-20(16)12-29(24(30)34)19-8-9-21(31)28-22(19)32/h2-7,10,19H,8-9,11-12H2,1H3,(H2,26,27,33)(H,28,31,32). The van der Waals surface area contributed by atoms with E-state index >= 15 is 0 Å². The molecule has 9 nitrogen and oxygen atoms in total. The molecule has 2 aliphatic heterocycles. The summed E-state index contributed by atoms with van der Waals surface area (Å²) in [5, 5.41) is 9.34. The van der Waals surface area contributed by atoms with Gasteiger partial charge in [-0.05, 0) is 37.1 Å². The maximum absolute atomic E-state index is 13.3. The molecular weight excluding hydrogens is 458 g/mol.